The molecule has 0 fully saturated rings. The predicted molar refractivity (Wildman–Crippen MR) is 87.5 cm³/mol. The Bertz CT molecular complexity index is 657. The molecule has 0 bridgehead atoms. The zero-order chi connectivity index (χ0) is 15.4. The number of pyridine rings is 1. The zero-order valence-corrected chi connectivity index (χ0v) is 13.2. The van der Waals surface area contributed by atoms with Gasteiger partial charge in [-0.05, 0) is 40.1 Å². The maximum Gasteiger partial charge on any atom is 0.147 e. The molecule has 0 saturated carbocycles. The van der Waals surface area contributed by atoms with Gasteiger partial charge in [-0.15, -0.1) is 0 Å². The van der Waals surface area contributed by atoms with Crippen molar-refractivity contribution in [3.8, 4) is 6.07 Å². The summed E-state index contributed by atoms with van der Waals surface area (Å²) in [6.45, 7) is 6.02. The second-order valence-corrected chi connectivity index (χ2v) is 5.56. The lowest BCUT2D eigenvalue weighted by Crippen LogP contribution is -2.41. The number of rotatable bonds is 5. The number of likely N-dealkylation sites (N-methyl/N-ethyl adjacent to an activating group) is 2. The van der Waals surface area contributed by atoms with Crippen molar-refractivity contribution in [3.05, 3.63) is 35.9 Å². The van der Waals surface area contributed by atoms with Gasteiger partial charge in [0, 0.05) is 24.5 Å². The fraction of sp³-hybridized carbons (Fsp3) is 0.412. The third-order valence-electron chi connectivity index (χ3n) is 3.60. The molecule has 0 spiro atoms. The van der Waals surface area contributed by atoms with Crippen LogP contribution in [0.2, 0.25) is 0 Å². The highest BCUT2D eigenvalue weighted by Crippen LogP contribution is 2.24. The molecule has 0 aliphatic carbocycles. The average molecular weight is 282 g/mol. The van der Waals surface area contributed by atoms with E-state index in [9.17, 15) is 5.26 Å². The van der Waals surface area contributed by atoms with Crippen LogP contribution in [0.25, 0.3) is 10.9 Å². The number of nitrogens with zero attached hydrogens (tertiary/aromatic N) is 4. The van der Waals surface area contributed by atoms with E-state index < -0.39 is 0 Å². The fourth-order valence-electron chi connectivity index (χ4n) is 2.70. The predicted octanol–water partition coefficient (Wildman–Crippen LogP) is 2.88. The van der Waals surface area contributed by atoms with Crippen LogP contribution in [0.15, 0.2) is 30.3 Å². The van der Waals surface area contributed by atoms with Crippen LogP contribution in [-0.4, -0.2) is 43.1 Å². The van der Waals surface area contributed by atoms with Gasteiger partial charge in [0.15, 0.2) is 0 Å². The molecule has 0 amide bonds. The lowest BCUT2D eigenvalue weighted by molar-refractivity contribution is 0.372. The number of hydrogen-bond donors (Lipinski definition) is 0. The summed E-state index contributed by atoms with van der Waals surface area (Å²) in [6, 6.07) is 12.5. The Kier molecular flexibility index (Phi) is 4.77. The van der Waals surface area contributed by atoms with Crippen molar-refractivity contribution in [2.45, 2.75) is 19.9 Å². The van der Waals surface area contributed by atoms with Crippen LogP contribution in [0.1, 0.15) is 19.4 Å². The Labute approximate surface area is 126 Å². The summed E-state index contributed by atoms with van der Waals surface area (Å²) in [5, 5.41) is 10.5. The minimum atomic E-state index is 0.297. The van der Waals surface area contributed by atoms with E-state index in [1.165, 1.54) is 0 Å². The molecule has 0 aliphatic heterocycles. The fourth-order valence-corrected chi connectivity index (χ4v) is 2.70. The first-order valence-corrected chi connectivity index (χ1v) is 7.28. The highest BCUT2D eigenvalue weighted by molar-refractivity contribution is 5.83. The van der Waals surface area contributed by atoms with Gasteiger partial charge >= 0.3 is 0 Å². The molecule has 1 unspecified atom stereocenters. The van der Waals surface area contributed by atoms with Gasteiger partial charge in [-0.3, -0.25) is 0 Å². The van der Waals surface area contributed by atoms with Crippen molar-refractivity contribution in [1.82, 2.24) is 9.88 Å². The largest absolute Gasteiger partial charge is 0.352 e. The minimum absolute atomic E-state index is 0.297. The molecule has 2 rings (SSSR count). The van der Waals surface area contributed by atoms with Crippen molar-refractivity contribution >= 4 is 16.7 Å². The summed E-state index contributed by atoms with van der Waals surface area (Å²) >= 11 is 0. The van der Waals surface area contributed by atoms with Crippen LogP contribution in [0.4, 0.5) is 5.82 Å². The number of anilines is 1. The van der Waals surface area contributed by atoms with Gasteiger partial charge in [-0.25, -0.2) is 4.98 Å². The molecule has 0 N–H and O–H groups in total. The van der Waals surface area contributed by atoms with Gasteiger partial charge in [0.1, 0.15) is 11.9 Å². The summed E-state index contributed by atoms with van der Waals surface area (Å²) < 4.78 is 0. The zero-order valence-electron chi connectivity index (χ0n) is 13.2. The number of nitriles is 1. The Morgan fingerprint density at radius 3 is 2.62 bits per heavy atom. The van der Waals surface area contributed by atoms with Crippen molar-refractivity contribution in [1.29, 1.82) is 5.26 Å². The smallest absolute Gasteiger partial charge is 0.147 e. The molecule has 4 nitrogen and oxygen atoms in total. The molecule has 1 aromatic carbocycles. The third kappa shape index (κ3) is 3.32. The number of aromatic nitrogens is 1. The summed E-state index contributed by atoms with van der Waals surface area (Å²) in [5.74, 6) is 0.785. The number of fused-ring (bicyclic) bond motifs is 1. The van der Waals surface area contributed by atoms with E-state index in [1.807, 2.05) is 30.3 Å². The Balaban J connectivity index is 2.49. The van der Waals surface area contributed by atoms with Gasteiger partial charge in [-0.1, -0.05) is 18.2 Å². The molecule has 1 atom stereocenters. The highest BCUT2D eigenvalue weighted by Gasteiger charge is 2.19. The third-order valence-corrected chi connectivity index (χ3v) is 3.60. The normalized spacial score (nSPS) is 12.4. The van der Waals surface area contributed by atoms with E-state index in [0.29, 0.717) is 11.6 Å². The van der Waals surface area contributed by atoms with Gasteiger partial charge in [0.05, 0.1) is 11.1 Å². The first kappa shape index (κ1) is 15.3. The Morgan fingerprint density at radius 1 is 1.29 bits per heavy atom. The SMILES string of the molecule is CCN(c1nc2ccccc2cc1C#N)C(C)CN(C)C. The van der Waals surface area contributed by atoms with Crippen LogP contribution >= 0.6 is 0 Å². The van der Waals surface area contributed by atoms with Crippen LogP contribution in [0, 0.1) is 11.3 Å². The molecule has 1 heterocycles. The van der Waals surface area contributed by atoms with Crippen molar-refractivity contribution in [2.75, 3.05) is 32.1 Å². The van der Waals surface area contributed by atoms with E-state index in [0.717, 1.165) is 29.8 Å². The van der Waals surface area contributed by atoms with Gasteiger partial charge in [0.25, 0.3) is 0 Å². The van der Waals surface area contributed by atoms with Gasteiger partial charge in [0.2, 0.25) is 0 Å². The Hall–Kier alpha value is -2.12. The second-order valence-electron chi connectivity index (χ2n) is 5.56. The van der Waals surface area contributed by atoms with E-state index >= 15 is 0 Å². The number of benzene rings is 1. The second kappa shape index (κ2) is 6.55. The van der Waals surface area contributed by atoms with Gasteiger partial charge < -0.3 is 9.80 Å². The van der Waals surface area contributed by atoms with Crippen molar-refractivity contribution < 1.29 is 0 Å². The molecular weight excluding hydrogens is 260 g/mol. The quantitative estimate of drug-likeness (QED) is 0.845. The number of para-hydroxylation sites is 1. The first-order valence-electron chi connectivity index (χ1n) is 7.28. The van der Waals surface area contributed by atoms with Crippen LogP contribution in [-0.2, 0) is 0 Å². The van der Waals surface area contributed by atoms with E-state index in [2.05, 4.69) is 43.8 Å². The molecular formula is C17H22N4. The van der Waals surface area contributed by atoms with Gasteiger partial charge in [-0.2, -0.15) is 5.26 Å². The summed E-state index contributed by atoms with van der Waals surface area (Å²) in [4.78, 5) is 9.08. The highest BCUT2D eigenvalue weighted by atomic mass is 15.2. The molecule has 0 aliphatic rings. The number of hydrogen-bond acceptors (Lipinski definition) is 4. The molecule has 0 radical (unpaired) electrons. The monoisotopic (exact) mass is 282 g/mol. The summed E-state index contributed by atoms with van der Waals surface area (Å²) in [7, 11) is 4.12. The molecule has 0 saturated heterocycles. The molecule has 1 aromatic heterocycles. The van der Waals surface area contributed by atoms with E-state index in [1.54, 1.807) is 0 Å². The lowest BCUT2D eigenvalue weighted by Gasteiger charge is -2.31. The van der Waals surface area contributed by atoms with Crippen molar-refractivity contribution in [2.24, 2.45) is 0 Å². The maximum atomic E-state index is 9.46. The van der Waals surface area contributed by atoms with E-state index in [4.69, 9.17) is 4.98 Å². The van der Waals surface area contributed by atoms with Crippen LogP contribution < -0.4 is 4.90 Å². The van der Waals surface area contributed by atoms with Crippen LogP contribution in [0.5, 0.6) is 0 Å². The standard InChI is InChI=1S/C17H22N4/c1-5-21(13(2)12-20(3)4)17-15(11-18)10-14-8-6-7-9-16(14)19-17/h6-10,13H,5,12H2,1-4H3. The first-order chi connectivity index (χ1) is 10.1. The summed E-state index contributed by atoms with van der Waals surface area (Å²) in [5.41, 5.74) is 1.57. The maximum absolute atomic E-state index is 9.46. The lowest BCUT2D eigenvalue weighted by atomic mass is 10.1. The average Bonchev–Trinajstić information content (AvgIpc) is 2.46. The molecule has 21 heavy (non-hydrogen) atoms. The summed E-state index contributed by atoms with van der Waals surface area (Å²) in [6.07, 6.45) is 0. The van der Waals surface area contributed by atoms with Crippen LogP contribution in [0.3, 0.4) is 0 Å². The Morgan fingerprint density at radius 2 is 2.00 bits per heavy atom. The molecule has 110 valence electrons. The van der Waals surface area contributed by atoms with Crippen molar-refractivity contribution in [3.63, 3.8) is 0 Å². The molecule has 2 aromatic rings. The molecule has 4 heteroatoms. The topological polar surface area (TPSA) is 43.2 Å². The minimum Gasteiger partial charge on any atom is -0.352 e. The van der Waals surface area contributed by atoms with E-state index in [-0.39, 0.29) is 0 Å².